The molecule has 0 bridgehead atoms. The Kier molecular flexibility index (Phi) is 5.52. The quantitative estimate of drug-likeness (QED) is 0.551. The number of imide groups is 1. The third-order valence-corrected chi connectivity index (χ3v) is 6.10. The third-order valence-electron chi connectivity index (χ3n) is 6.10. The zero-order valence-electron chi connectivity index (χ0n) is 17.2. The van der Waals surface area contributed by atoms with Gasteiger partial charge in [0.15, 0.2) is 0 Å². The minimum atomic E-state index is -0.163. The number of hydrogen-bond acceptors (Lipinski definition) is 3. The van der Waals surface area contributed by atoms with Crippen molar-refractivity contribution in [3.63, 3.8) is 0 Å². The van der Waals surface area contributed by atoms with Crippen molar-refractivity contribution in [2.24, 2.45) is 0 Å². The molecule has 4 nitrogen and oxygen atoms in total. The number of para-hydroxylation sites is 1. The van der Waals surface area contributed by atoms with Crippen molar-refractivity contribution >= 4 is 23.1 Å². The Balaban J connectivity index is 1.79. The number of rotatable bonds is 4. The fourth-order valence-corrected chi connectivity index (χ4v) is 4.45. The van der Waals surface area contributed by atoms with Crippen LogP contribution < -0.4 is 4.90 Å². The van der Waals surface area contributed by atoms with Gasteiger partial charge < -0.3 is 4.90 Å². The van der Waals surface area contributed by atoms with Crippen LogP contribution in [0, 0.1) is 6.92 Å². The Bertz CT molecular complexity index is 923. The minimum Gasteiger partial charge on any atom is -0.339 e. The molecule has 2 amide bonds. The Labute approximate surface area is 172 Å². The standard InChI is InChI=1S/C25H28N2O2/c1-18-14-16-19(17-15-18)22-23(26(2)20-10-8-5-9-11-20)25(29)27(24(22)28)21-12-6-3-4-7-13-21/h5,8-11,14-17,21H,3-4,6-7,12-13H2,1-2H3. The molecule has 2 aliphatic rings. The summed E-state index contributed by atoms with van der Waals surface area (Å²) in [5, 5.41) is 0. The predicted octanol–water partition coefficient (Wildman–Crippen LogP) is 4.93. The summed E-state index contributed by atoms with van der Waals surface area (Å²) < 4.78 is 0. The lowest BCUT2D eigenvalue weighted by atomic mass is 10.0. The zero-order valence-corrected chi connectivity index (χ0v) is 17.2. The lowest BCUT2D eigenvalue weighted by Crippen LogP contribution is -2.42. The van der Waals surface area contributed by atoms with E-state index in [4.69, 9.17) is 0 Å². The van der Waals surface area contributed by atoms with Crippen LogP contribution in [0.4, 0.5) is 5.69 Å². The molecule has 150 valence electrons. The van der Waals surface area contributed by atoms with Crippen LogP contribution in [0.1, 0.15) is 49.7 Å². The Morgan fingerprint density at radius 3 is 2.07 bits per heavy atom. The van der Waals surface area contributed by atoms with Gasteiger partial charge in [0, 0.05) is 18.8 Å². The average molecular weight is 389 g/mol. The van der Waals surface area contributed by atoms with Crippen molar-refractivity contribution in [2.75, 3.05) is 11.9 Å². The van der Waals surface area contributed by atoms with Crippen LogP contribution in [0.25, 0.3) is 5.57 Å². The van der Waals surface area contributed by atoms with Gasteiger partial charge in [-0.2, -0.15) is 0 Å². The summed E-state index contributed by atoms with van der Waals surface area (Å²) in [6, 6.07) is 17.7. The Morgan fingerprint density at radius 2 is 1.45 bits per heavy atom. The number of likely N-dealkylation sites (N-methyl/N-ethyl adjacent to an activating group) is 1. The highest BCUT2D eigenvalue weighted by Gasteiger charge is 2.44. The molecular weight excluding hydrogens is 360 g/mol. The molecule has 1 fully saturated rings. The molecule has 1 saturated carbocycles. The monoisotopic (exact) mass is 388 g/mol. The smallest absolute Gasteiger partial charge is 0.278 e. The maximum Gasteiger partial charge on any atom is 0.278 e. The normalized spacial score (nSPS) is 18.3. The van der Waals surface area contributed by atoms with E-state index in [9.17, 15) is 9.59 Å². The van der Waals surface area contributed by atoms with E-state index in [2.05, 4.69) is 0 Å². The van der Waals surface area contributed by atoms with Gasteiger partial charge in [0.2, 0.25) is 0 Å². The molecule has 4 heteroatoms. The number of hydrogen-bond donors (Lipinski definition) is 0. The molecule has 0 saturated heterocycles. The van der Waals surface area contributed by atoms with Gasteiger partial charge in [0.1, 0.15) is 5.70 Å². The SMILES string of the molecule is Cc1ccc(C2=C(N(C)c3ccccc3)C(=O)N(C3CCCCCC3)C2=O)cc1. The van der Waals surface area contributed by atoms with Crippen molar-refractivity contribution in [3.8, 4) is 0 Å². The third kappa shape index (κ3) is 3.71. The van der Waals surface area contributed by atoms with Crippen molar-refractivity contribution in [3.05, 3.63) is 71.4 Å². The van der Waals surface area contributed by atoms with Crippen LogP contribution in [0.2, 0.25) is 0 Å². The molecule has 0 unspecified atom stereocenters. The first-order valence-corrected chi connectivity index (χ1v) is 10.6. The van der Waals surface area contributed by atoms with Gasteiger partial charge in [-0.05, 0) is 37.5 Å². The first-order valence-electron chi connectivity index (χ1n) is 10.6. The Morgan fingerprint density at radius 1 is 0.828 bits per heavy atom. The van der Waals surface area contributed by atoms with Crippen LogP contribution in [0.15, 0.2) is 60.3 Å². The van der Waals surface area contributed by atoms with E-state index in [1.54, 1.807) is 4.90 Å². The number of carbonyl (C=O) groups excluding carboxylic acids is 2. The van der Waals surface area contributed by atoms with Crippen LogP contribution in [0.5, 0.6) is 0 Å². The number of carbonyl (C=O) groups is 2. The van der Waals surface area contributed by atoms with Gasteiger partial charge in [0.05, 0.1) is 5.57 Å². The summed E-state index contributed by atoms with van der Waals surface area (Å²) in [4.78, 5) is 30.6. The lowest BCUT2D eigenvalue weighted by molar-refractivity contribution is -0.139. The zero-order chi connectivity index (χ0) is 20.4. The molecule has 2 aromatic carbocycles. The van der Waals surface area contributed by atoms with Crippen LogP contribution in [-0.4, -0.2) is 29.8 Å². The summed E-state index contributed by atoms with van der Waals surface area (Å²) in [6.07, 6.45) is 6.32. The van der Waals surface area contributed by atoms with E-state index < -0.39 is 0 Å². The van der Waals surface area contributed by atoms with E-state index in [-0.39, 0.29) is 17.9 Å². The molecule has 4 rings (SSSR count). The van der Waals surface area contributed by atoms with Crippen molar-refractivity contribution < 1.29 is 9.59 Å². The molecule has 1 aliphatic heterocycles. The highest BCUT2D eigenvalue weighted by molar-refractivity contribution is 6.36. The van der Waals surface area contributed by atoms with Gasteiger partial charge in [-0.3, -0.25) is 14.5 Å². The van der Waals surface area contributed by atoms with E-state index in [0.29, 0.717) is 11.3 Å². The van der Waals surface area contributed by atoms with Crippen molar-refractivity contribution in [2.45, 2.75) is 51.5 Å². The number of amides is 2. The molecule has 29 heavy (non-hydrogen) atoms. The topological polar surface area (TPSA) is 40.6 Å². The van der Waals surface area contributed by atoms with Crippen LogP contribution in [0.3, 0.4) is 0 Å². The van der Waals surface area contributed by atoms with E-state index in [0.717, 1.165) is 42.5 Å². The van der Waals surface area contributed by atoms with Crippen LogP contribution in [-0.2, 0) is 9.59 Å². The van der Waals surface area contributed by atoms with Gasteiger partial charge in [-0.1, -0.05) is 73.7 Å². The second-order valence-electron chi connectivity index (χ2n) is 8.11. The van der Waals surface area contributed by atoms with Gasteiger partial charge in [-0.25, -0.2) is 0 Å². The number of aryl methyl sites for hydroxylation is 1. The van der Waals surface area contributed by atoms with Gasteiger partial charge >= 0.3 is 0 Å². The van der Waals surface area contributed by atoms with E-state index in [1.165, 1.54) is 12.8 Å². The lowest BCUT2D eigenvalue weighted by Gasteiger charge is -2.27. The fourth-order valence-electron chi connectivity index (χ4n) is 4.45. The van der Waals surface area contributed by atoms with Crippen molar-refractivity contribution in [1.82, 2.24) is 4.90 Å². The first-order chi connectivity index (χ1) is 14.1. The molecule has 0 atom stereocenters. The maximum atomic E-state index is 13.6. The Hall–Kier alpha value is -2.88. The second kappa shape index (κ2) is 8.24. The highest BCUT2D eigenvalue weighted by atomic mass is 16.2. The number of benzene rings is 2. The number of anilines is 1. The number of nitrogens with zero attached hydrogens (tertiary/aromatic N) is 2. The summed E-state index contributed by atoms with van der Waals surface area (Å²) >= 11 is 0. The molecule has 1 heterocycles. The molecule has 1 aliphatic carbocycles. The molecule has 0 radical (unpaired) electrons. The predicted molar refractivity (Wildman–Crippen MR) is 116 cm³/mol. The summed E-state index contributed by atoms with van der Waals surface area (Å²) in [5.41, 5.74) is 3.84. The first kappa shape index (κ1) is 19.4. The highest BCUT2D eigenvalue weighted by Crippen LogP contribution is 2.36. The van der Waals surface area contributed by atoms with E-state index in [1.807, 2.05) is 73.5 Å². The van der Waals surface area contributed by atoms with Gasteiger partial charge in [-0.15, -0.1) is 0 Å². The summed E-state index contributed by atoms with van der Waals surface area (Å²) in [5.74, 6) is -0.313. The molecule has 0 N–H and O–H groups in total. The molecule has 0 aromatic heterocycles. The minimum absolute atomic E-state index is 0.000350. The van der Waals surface area contributed by atoms with E-state index >= 15 is 0 Å². The molecule has 0 spiro atoms. The van der Waals surface area contributed by atoms with Crippen LogP contribution >= 0.6 is 0 Å². The maximum absolute atomic E-state index is 13.6. The molecule has 2 aromatic rings. The van der Waals surface area contributed by atoms with Crippen molar-refractivity contribution in [1.29, 1.82) is 0 Å². The average Bonchev–Trinajstić information content (AvgIpc) is 2.90. The summed E-state index contributed by atoms with van der Waals surface area (Å²) in [7, 11) is 1.88. The van der Waals surface area contributed by atoms with Gasteiger partial charge in [0.25, 0.3) is 11.8 Å². The second-order valence-corrected chi connectivity index (χ2v) is 8.11. The summed E-state index contributed by atoms with van der Waals surface area (Å²) in [6.45, 7) is 2.02. The fraction of sp³-hybridized carbons (Fsp3) is 0.360. The largest absolute Gasteiger partial charge is 0.339 e. The molecular formula is C25H28N2O2.